The number of amides is 1. The highest BCUT2D eigenvalue weighted by molar-refractivity contribution is 5.85. The van der Waals surface area contributed by atoms with Gasteiger partial charge in [-0.25, -0.2) is 0 Å². The number of hydrogen-bond donors (Lipinski definition) is 1. The zero-order chi connectivity index (χ0) is 35.5. The molecule has 128 valence electrons. The van der Waals surface area contributed by atoms with Crippen LogP contribution in [0.5, 0.6) is 0 Å². The van der Waals surface area contributed by atoms with Gasteiger partial charge in [0.25, 0.3) is 0 Å². The molecule has 0 unspecified atom stereocenters. The van der Waals surface area contributed by atoms with Gasteiger partial charge in [0.05, 0.1) is 0 Å². The fourth-order valence-corrected chi connectivity index (χ4v) is 0.948. The van der Waals surface area contributed by atoms with E-state index in [2.05, 4.69) is 0 Å². The van der Waals surface area contributed by atoms with Crippen molar-refractivity contribution >= 4 is 18.3 Å². The standard InChI is InChI=1S/C17H36N2O.ClH/c1-4-5-6-7-8-9-10-11-12-14-17(20)18-15-13-16-19(2)3;/h4-16H2,1-3H3,(H,18,20);1H/i1D3,4D2,5D2,6D2,7D2,8D2,9D2,10D2,11D2,12D2,14D2;. The smallest absolute Gasteiger partial charge is 0.219 e. The third-order valence-corrected chi connectivity index (χ3v) is 1.74. The number of nitrogens with one attached hydrogen (secondary N) is 1. The third-order valence-electron chi connectivity index (χ3n) is 1.74. The summed E-state index contributed by atoms with van der Waals surface area (Å²) >= 11 is 0. The first-order valence-electron chi connectivity index (χ1n) is 17.3. The summed E-state index contributed by atoms with van der Waals surface area (Å²) in [6.07, 6.45) is -45.0. The van der Waals surface area contributed by atoms with Gasteiger partial charge in [-0.15, -0.1) is 12.4 Å². The molecule has 0 saturated carbocycles. The third kappa shape index (κ3) is 19.7. The summed E-state index contributed by atoms with van der Waals surface area (Å²) in [5.74, 6) is -1.79. The predicted molar refractivity (Wildman–Crippen MR) is 95.3 cm³/mol. The fraction of sp³-hybridized carbons (Fsp3) is 0.941. The van der Waals surface area contributed by atoms with Gasteiger partial charge >= 0.3 is 0 Å². The Kier molecular flexibility index (Phi) is 3.92. The minimum atomic E-state index is -4.77. The predicted octanol–water partition coefficient (Wildman–Crippen LogP) is 4.40. The number of hydrogen-bond acceptors (Lipinski definition) is 2. The summed E-state index contributed by atoms with van der Waals surface area (Å²) in [5, 5.41) is 1.99. The highest BCUT2D eigenvalue weighted by Crippen LogP contribution is 2.10. The molecule has 0 aliphatic rings. The van der Waals surface area contributed by atoms with Crippen molar-refractivity contribution in [2.24, 2.45) is 0 Å². The fourth-order valence-electron chi connectivity index (χ4n) is 0.948. The molecule has 0 spiro atoms. The molecular weight excluding hydrogens is 284 g/mol. The van der Waals surface area contributed by atoms with Crippen molar-refractivity contribution in [3.05, 3.63) is 0 Å². The minimum absolute atomic E-state index is 0. The maximum atomic E-state index is 12.5. The van der Waals surface area contributed by atoms with E-state index in [9.17, 15) is 4.79 Å². The van der Waals surface area contributed by atoms with Crippen molar-refractivity contribution in [2.75, 3.05) is 27.2 Å². The molecule has 4 heteroatoms. The minimum Gasteiger partial charge on any atom is -0.356 e. The molecule has 0 rings (SSSR count). The number of carbonyl (C=O) groups excluding carboxylic acids is 1. The van der Waals surface area contributed by atoms with Gasteiger partial charge in [0, 0.05) is 44.4 Å². The molecule has 0 fully saturated rings. The van der Waals surface area contributed by atoms with Crippen molar-refractivity contribution in [2.45, 2.75) is 77.0 Å². The molecule has 0 aromatic rings. The van der Waals surface area contributed by atoms with E-state index in [-0.39, 0.29) is 25.4 Å². The zero-order valence-corrected chi connectivity index (χ0v) is 12.7. The molecule has 0 aliphatic carbocycles. The Labute approximate surface area is 171 Å². The van der Waals surface area contributed by atoms with E-state index < -0.39 is 76.5 Å². The Hall–Kier alpha value is -0.280. The average Bonchev–Trinajstić information content (AvgIpc) is 2.79. The van der Waals surface area contributed by atoms with Crippen molar-refractivity contribution in [1.82, 2.24) is 10.2 Å². The Morgan fingerprint density at radius 3 is 2.19 bits per heavy atom. The average molecular weight is 344 g/mol. The number of rotatable bonds is 14. The number of halogens is 1. The summed E-state index contributed by atoms with van der Waals surface area (Å²) in [4.78, 5) is 14.2. The maximum absolute atomic E-state index is 12.5. The first-order valence-corrected chi connectivity index (χ1v) is 5.77. The largest absolute Gasteiger partial charge is 0.356 e. The molecule has 0 heterocycles. The van der Waals surface area contributed by atoms with Crippen molar-refractivity contribution in [3.8, 4) is 0 Å². The lowest BCUT2D eigenvalue weighted by molar-refractivity contribution is -0.121. The van der Waals surface area contributed by atoms with Crippen molar-refractivity contribution < 1.29 is 36.3 Å². The molecule has 21 heavy (non-hydrogen) atoms. The summed E-state index contributed by atoms with van der Waals surface area (Å²) in [5.41, 5.74) is 0. The van der Waals surface area contributed by atoms with Gasteiger partial charge in [-0.05, 0) is 33.4 Å². The topological polar surface area (TPSA) is 32.3 Å². The summed E-state index contributed by atoms with van der Waals surface area (Å²) < 4.78 is 181. The van der Waals surface area contributed by atoms with Gasteiger partial charge < -0.3 is 10.2 Å². The summed E-state index contributed by atoms with van der Waals surface area (Å²) in [6, 6.07) is 0. The van der Waals surface area contributed by atoms with Crippen LogP contribution in [0.4, 0.5) is 0 Å². The van der Waals surface area contributed by atoms with Crippen LogP contribution in [0, 0.1) is 0 Å². The maximum Gasteiger partial charge on any atom is 0.219 e. The number of nitrogens with zero attached hydrogens (tertiary/aromatic N) is 1. The molecule has 0 saturated heterocycles. The van der Waals surface area contributed by atoms with Crippen LogP contribution < -0.4 is 5.32 Å². The monoisotopic (exact) mass is 343 g/mol. The van der Waals surface area contributed by atoms with Crippen LogP contribution in [0.15, 0.2) is 0 Å². The van der Waals surface area contributed by atoms with Crippen LogP contribution >= 0.6 is 12.4 Å². The van der Waals surface area contributed by atoms with Gasteiger partial charge in [-0.1, -0.05) is 57.8 Å². The van der Waals surface area contributed by atoms with Gasteiger partial charge in [-0.2, -0.15) is 0 Å². The first kappa shape index (κ1) is 4.63. The van der Waals surface area contributed by atoms with Crippen molar-refractivity contribution in [3.63, 3.8) is 0 Å². The lowest BCUT2D eigenvalue weighted by Gasteiger charge is -2.09. The van der Waals surface area contributed by atoms with E-state index >= 15 is 0 Å². The van der Waals surface area contributed by atoms with Crippen LogP contribution in [0.2, 0.25) is 0 Å². The van der Waals surface area contributed by atoms with E-state index in [0.29, 0.717) is 6.54 Å². The van der Waals surface area contributed by atoms with Crippen molar-refractivity contribution in [1.29, 1.82) is 0 Å². The first-order chi connectivity index (χ1) is 18.3. The molecule has 0 aromatic heterocycles. The van der Waals surface area contributed by atoms with E-state index in [4.69, 9.17) is 31.5 Å². The van der Waals surface area contributed by atoms with E-state index in [1.807, 2.05) is 5.32 Å². The Bertz CT molecular complexity index is 1010. The van der Waals surface area contributed by atoms with Crippen LogP contribution in [-0.2, 0) is 4.79 Å². The highest BCUT2D eigenvalue weighted by Gasteiger charge is 2.00. The molecule has 1 N–H and O–H groups in total. The highest BCUT2D eigenvalue weighted by atomic mass is 35.5. The quantitative estimate of drug-likeness (QED) is 0.474. The molecule has 1 amide bonds. The van der Waals surface area contributed by atoms with Gasteiger partial charge in [0.15, 0.2) is 0 Å². The molecule has 3 nitrogen and oxygen atoms in total. The molecule has 0 aliphatic heterocycles. The second-order valence-electron chi connectivity index (χ2n) is 3.66. The number of carbonyl (C=O) groups is 1. The molecule has 0 atom stereocenters. The second kappa shape index (κ2) is 17.8. The van der Waals surface area contributed by atoms with Crippen LogP contribution in [-0.4, -0.2) is 38.0 Å². The molecule has 0 aromatic carbocycles. The second-order valence-corrected chi connectivity index (χ2v) is 3.66. The van der Waals surface area contributed by atoms with Gasteiger partial charge in [0.1, 0.15) is 0 Å². The molecular formula is C17H37ClN2O. The van der Waals surface area contributed by atoms with Crippen LogP contribution in [0.3, 0.4) is 0 Å². The van der Waals surface area contributed by atoms with Gasteiger partial charge in [0.2, 0.25) is 5.91 Å². The van der Waals surface area contributed by atoms with Gasteiger partial charge in [-0.3, -0.25) is 4.79 Å². The van der Waals surface area contributed by atoms with E-state index in [1.165, 1.54) is 0 Å². The van der Waals surface area contributed by atoms with E-state index in [1.54, 1.807) is 19.0 Å². The molecule has 0 bridgehead atoms. The van der Waals surface area contributed by atoms with Crippen LogP contribution in [0.25, 0.3) is 0 Å². The van der Waals surface area contributed by atoms with E-state index in [0.717, 1.165) is 0 Å². The Balaban J connectivity index is 0. The van der Waals surface area contributed by atoms with Crippen LogP contribution in [0.1, 0.15) is 109 Å². The summed E-state index contributed by atoms with van der Waals surface area (Å²) in [6.45, 7) is -3.84. The lowest BCUT2D eigenvalue weighted by atomic mass is 10.1. The SMILES string of the molecule is Cl.[2H]C([2H])([2H])C([2H])([2H])C([2H])([2H])C([2H])([2H])C([2H])([2H])C([2H])([2H])C([2H])([2H])C([2H])([2H])C([2H])([2H])C([2H])([2H])C([2H])([2H])C(=O)NCCCN(C)C. The zero-order valence-electron chi connectivity index (χ0n) is 34.9. The Morgan fingerprint density at radius 2 is 1.62 bits per heavy atom. The Morgan fingerprint density at radius 1 is 1.05 bits per heavy atom. The summed E-state index contributed by atoms with van der Waals surface area (Å²) in [7, 11) is 3.35. The normalized spacial score (nSPS) is 34.1. The lowest BCUT2D eigenvalue weighted by Crippen LogP contribution is -2.26. The molecule has 0 radical (unpaired) electrons.